The van der Waals surface area contributed by atoms with Crippen molar-refractivity contribution in [2.75, 3.05) is 24.8 Å². The van der Waals surface area contributed by atoms with Gasteiger partial charge in [-0.15, -0.1) is 11.3 Å². The maximum atomic E-state index is 12.2. The summed E-state index contributed by atoms with van der Waals surface area (Å²) in [4.78, 5) is 39.6. The number of carbonyl (C=O) groups excluding carboxylic acids is 3. The van der Waals surface area contributed by atoms with Gasteiger partial charge in [0.2, 0.25) is 5.91 Å². The minimum atomic E-state index is -0.461. The highest BCUT2D eigenvalue weighted by Gasteiger charge is 2.13. The summed E-state index contributed by atoms with van der Waals surface area (Å²) in [6.45, 7) is 3.93. The number of methoxy groups -OCH3 is 1. The maximum absolute atomic E-state index is 12.2. The molecular formula is C18H20N2O5S2. The lowest BCUT2D eigenvalue weighted by molar-refractivity contribution is -0.142. The molecule has 27 heavy (non-hydrogen) atoms. The monoisotopic (exact) mass is 408 g/mol. The first kappa shape index (κ1) is 20.9. The lowest BCUT2D eigenvalue weighted by atomic mass is 10.1. The number of amides is 1. The number of hydrogen-bond donors (Lipinski definition) is 1. The Balaban J connectivity index is 1.90. The number of nitrogens with zero attached hydrogens (tertiary/aromatic N) is 1. The van der Waals surface area contributed by atoms with Crippen LogP contribution in [0.1, 0.15) is 28.5 Å². The van der Waals surface area contributed by atoms with E-state index in [1.807, 2.05) is 6.92 Å². The highest BCUT2D eigenvalue weighted by molar-refractivity contribution is 8.01. The van der Waals surface area contributed by atoms with Gasteiger partial charge in [0.15, 0.2) is 4.34 Å². The number of aryl methyl sites for hydroxylation is 1. The van der Waals surface area contributed by atoms with Gasteiger partial charge in [0, 0.05) is 11.1 Å². The van der Waals surface area contributed by atoms with Crippen LogP contribution in [-0.4, -0.2) is 42.3 Å². The Bertz CT molecular complexity index is 835. The number of rotatable bonds is 8. The van der Waals surface area contributed by atoms with E-state index in [9.17, 15) is 14.4 Å². The van der Waals surface area contributed by atoms with Gasteiger partial charge in [-0.05, 0) is 31.5 Å². The van der Waals surface area contributed by atoms with Crippen LogP contribution < -0.4 is 5.32 Å². The number of thiazole rings is 1. The van der Waals surface area contributed by atoms with E-state index in [0.717, 1.165) is 5.56 Å². The molecule has 0 unspecified atom stereocenters. The largest absolute Gasteiger partial charge is 0.466 e. The smallest absolute Gasteiger partial charge is 0.337 e. The number of nitrogens with one attached hydrogen (secondary N) is 1. The van der Waals surface area contributed by atoms with Crippen LogP contribution in [0, 0.1) is 6.92 Å². The van der Waals surface area contributed by atoms with Gasteiger partial charge in [-0.2, -0.15) is 0 Å². The molecule has 1 aromatic carbocycles. The van der Waals surface area contributed by atoms with E-state index in [2.05, 4.69) is 10.3 Å². The minimum absolute atomic E-state index is 0.122. The third kappa shape index (κ3) is 6.37. The van der Waals surface area contributed by atoms with Crippen LogP contribution in [0.15, 0.2) is 27.9 Å². The second-order valence-corrected chi connectivity index (χ2v) is 7.53. The number of ether oxygens (including phenoxy) is 2. The first-order chi connectivity index (χ1) is 12.9. The van der Waals surface area contributed by atoms with Gasteiger partial charge in [0.25, 0.3) is 0 Å². The topological polar surface area (TPSA) is 94.6 Å². The van der Waals surface area contributed by atoms with Crippen molar-refractivity contribution in [1.82, 2.24) is 4.98 Å². The number of hydrogen-bond acceptors (Lipinski definition) is 8. The zero-order chi connectivity index (χ0) is 19.8. The first-order valence-electron chi connectivity index (χ1n) is 8.14. The molecule has 0 radical (unpaired) electrons. The maximum Gasteiger partial charge on any atom is 0.337 e. The Kier molecular flexibility index (Phi) is 7.81. The molecule has 7 nitrogen and oxygen atoms in total. The third-order valence-corrected chi connectivity index (χ3v) is 5.49. The molecule has 9 heteroatoms. The molecule has 0 saturated carbocycles. The van der Waals surface area contributed by atoms with E-state index in [0.29, 0.717) is 27.9 Å². The van der Waals surface area contributed by atoms with Crippen molar-refractivity contribution in [3.05, 3.63) is 40.4 Å². The van der Waals surface area contributed by atoms with Crippen LogP contribution in [0.4, 0.5) is 5.69 Å². The van der Waals surface area contributed by atoms with Crippen LogP contribution in [-0.2, 0) is 25.5 Å². The number of carbonyl (C=O) groups is 3. The molecule has 0 atom stereocenters. The predicted molar refractivity (Wildman–Crippen MR) is 104 cm³/mol. The molecule has 144 valence electrons. The fourth-order valence-corrected chi connectivity index (χ4v) is 3.76. The normalized spacial score (nSPS) is 10.3. The van der Waals surface area contributed by atoms with E-state index in [1.54, 1.807) is 30.5 Å². The zero-order valence-electron chi connectivity index (χ0n) is 15.2. The SMILES string of the molecule is CCOC(=O)Cc1csc(SCC(=O)Nc2cc(C(=O)OC)ccc2C)n1. The third-order valence-electron chi connectivity index (χ3n) is 3.42. The van der Waals surface area contributed by atoms with Gasteiger partial charge in [-0.1, -0.05) is 17.8 Å². The predicted octanol–water partition coefficient (Wildman–Crippen LogP) is 3.07. The lowest BCUT2D eigenvalue weighted by Crippen LogP contribution is -2.15. The Labute approximate surface area is 165 Å². The summed E-state index contributed by atoms with van der Waals surface area (Å²) >= 11 is 2.65. The van der Waals surface area contributed by atoms with Crippen LogP contribution in [0.2, 0.25) is 0 Å². The molecule has 0 spiro atoms. The Hall–Kier alpha value is -2.39. The van der Waals surface area contributed by atoms with Gasteiger partial charge in [-0.25, -0.2) is 9.78 Å². The van der Waals surface area contributed by atoms with Crippen molar-refractivity contribution >= 4 is 46.6 Å². The zero-order valence-corrected chi connectivity index (χ0v) is 16.9. The summed E-state index contributed by atoms with van der Waals surface area (Å²) < 4.78 is 10.3. The van der Waals surface area contributed by atoms with Crippen LogP contribution in [0.25, 0.3) is 0 Å². The van der Waals surface area contributed by atoms with E-state index in [-0.39, 0.29) is 24.1 Å². The van der Waals surface area contributed by atoms with Crippen LogP contribution >= 0.6 is 23.1 Å². The summed E-state index contributed by atoms with van der Waals surface area (Å²) in [5.74, 6) is -0.837. The summed E-state index contributed by atoms with van der Waals surface area (Å²) in [5.41, 5.74) is 2.40. The summed E-state index contributed by atoms with van der Waals surface area (Å²) in [6.07, 6.45) is 0.122. The number of aromatic nitrogens is 1. The quantitative estimate of drug-likeness (QED) is 0.530. The number of thioether (sulfide) groups is 1. The van der Waals surface area contributed by atoms with E-state index >= 15 is 0 Å². The molecule has 2 rings (SSSR count). The van der Waals surface area contributed by atoms with E-state index < -0.39 is 5.97 Å². The number of esters is 2. The first-order valence-corrected chi connectivity index (χ1v) is 10.0. The average molecular weight is 409 g/mol. The van der Waals surface area contributed by atoms with Crippen LogP contribution in [0.3, 0.4) is 0 Å². The molecule has 1 aromatic heterocycles. The van der Waals surface area contributed by atoms with Crippen molar-refractivity contribution < 1.29 is 23.9 Å². The van der Waals surface area contributed by atoms with Crippen molar-refractivity contribution in [1.29, 1.82) is 0 Å². The fourth-order valence-electron chi connectivity index (χ4n) is 2.11. The lowest BCUT2D eigenvalue weighted by Gasteiger charge is -2.09. The molecule has 2 aromatic rings. The van der Waals surface area contributed by atoms with E-state index in [1.165, 1.54) is 30.2 Å². The Morgan fingerprint density at radius 3 is 2.78 bits per heavy atom. The molecule has 0 saturated heterocycles. The molecule has 1 N–H and O–H groups in total. The molecular weight excluding hydrogens is 388 g/mol. The molecule has 0 aliphatic heterocycles. The van der Waals surface area contributed by atoms with Crippen molar-refractivity contribution in [2.24, 2.45) is 0 Å². The average Bonchev–Trinajstić information content (AvgIpc) is 3.08. The standard InChI is InChI=1S/C18H20N2O5S2/c1-4-25-16(22)8-13-9-26-18(19-13)27-10-15(21)20-14-7-12(17(23)24-3)6-5-11(14)2/h5-7,9H,4,8,10H2,1-3H3,(H,20,21). The Morgan fingerprint density at radius 2 is 2.07 bits per heavy atom. The van der Waals surface area contributed by atoms with Crippen molar-refractivity contribution in [3.63, 3.8) is 0 Å². The van der Waals surface area contributed by atoms with Gasteiger partial charge in [-0.3, -0.25) is 9.59 Å². The van der Waals surface area contributed by atoms with Crippen molar-refractivity contribution in [3.8, 4) is 0 Å². The molecule has 0 aliphatic carbocycles. The van der Waals surface area contributed by atoms with Gasteiger partial charge < -0.3 is 14.8 Å². The second-order valence-electron chi connectivity index (χ2n) is 5.44. The highest BCUT2D eigenvalue weighted by atomic mass is 32.2. The van der Waals surface area contributed by atoms with Crippen LogP contribution in [0.5, 0.6) is 0 Å². The highest BCUT2D eigenvalue weighted by Crippen LogP contribution is 2.24. The minimum Gasteiger partial charge on any atom is -0.466 e. The molecule has 0 fully saturated rings. The number of anilines is 1. The summed E-state index contributed by atoms with van der Waals surface area (Å²) in [7, 11) is 1.31. The summed E-state index contributed by atoms with van der Waals surface area (Å²) in [5, 5.41) is 4.57. The molecule has 0 aliphatic rings. The van der Waals surface area contributed by atoms with Crippen molar-refractivity contribution in [2.45, 2.75) is 24.6 Å². The number of benzene rings is 1. The van der Waals surface area contributed by atoms with Gasteiger partial charge in [0.05, 0.1) is 37.1 Å². The molecule has 0 bridgehead atoms. The summed E-state index contributed by atoms with van der Waals surface area (Å²) in [6, 6.07) is 4.98. The second kappa shape index (κ2) is 10.1. The van der Waals surface area contributed by atoms with Gasteiger partial charge in [0.1, 0.15) is 0 Å². The van der Waals surface area contributed by atoms with E-state index in [4.69, 9.17) is 9.47 Å². The van der Waals surface area contributed by atoms with Gasteiger partial charge >= 0.3 is 11.9 Å². The molecule has 1 heterocycles. The Morgan fingerprint density at radius 1 is 1.30 bits per heavy atom. The molecule has 1 amide bonds. The fraction of sp³-hybridized carbons (Fsp3) is 0.333.